The van der Waals surface area contributed by atoms with Crippen molar-refractivity contribution >= 4 is 32.3 Å². The van der Waals surface area contributed by atoms with Gasteiger partial charge in [0, 0.05) is 17.3 Å². The molecule has 0 aliphatic rings. The molecular formula is C35H23N. The molecular weight excluding hydrogens is 434 g/mol. The lowest BCUT2D eigenvalue weighted by Crippen LogP contribution is -1.95. The van der Waals surface area contributed by atoms with Gasteiger partial charge in [0.15, 0.2) is 0 Å². The molecule has 0 amide bonds. The number of nitrogens with zero attached hydrogens (tertiary/aromatic N) is 1. The first-order valence-corrected chi connectivity index (χ1v) is 12.3. The van der Waals surface area contributed by atoms with Crippen molar-refractivity contribution in [2.45, 2.75) is 0 Å². The largest absolute Gasteiger partial charge is 0.256 e. The molecule has 1 heterocycles. The molecule has 6 aromatic carbocycles. The van der Waals surface area contributed by atoms with Crippen LogP contribution < -0.4 is 0 Å². The number of pyridine rings is 1. The number of rotatable bonds is 3. The topological polar surface area (TPSA) is 12.9 Å². The van der Waals surface area contributed by atoms with Crippen LogP contribution in [0.1, 0.15) is 0 Å². The van der Waals surface area contributed by atoms with Gasteiger partial charge in [-0.25, -0.2) is 0 Å². The minimum Gasteiger partial charge on any atom is -0.256 e. The predicted molar refractivity (Wildman–Crippen MR) is 153 cm³/mol. The fourth-order valence-corrected chi connectivity index (χ4v) is 5.57. The zero-order valence-electron chi connectivity index (χ0n) is 19.7. The third-order valence-corrected chi connectivity index (χ3v) is 7.12. The van der Waals surface area contributed by atoms with Crippen LogP contribution in [0.3, 0.4) is 0 Å². The first kappa shape index (κ1) is 20.6. The van der Waals surface area contributed by atoms with Crippen molar-refractivity contribution in [3.8, 4) is 33.5 Å². The third-order valence-electron chi connectivity index (χ3n) is 7.12. The third kappa shape index (κ3) is 3.21. The highest BCUT2D eigenvalue weighted by atomic mass is 14.7. The van der Waals surface area contributed by atoms with Crippen LogP contribution in [0.25, 0.3) is 65.8 Å². The van der Waals surface area contributed by atoms with Gasteiger partial charge in [0.2, 0.25) is 0 Å². The van der Waals surface area contributed by atoms with Crippen molar-refractivity contribution < 1.29 is 0 Å². The van der Waals surface area contributed by atoms with Crippen molar-refractivity contribution in [1.29, 1.82) is 0 Å². The lowest BCUT2D eigenvalue weighted by molar-refractivity contribution is 1.33. The van der Waals surface area contributed by atoms with Gasteiger partial charge in [0.1, 0.15) is 0 Å². The van der Waals surface area contributed by atoms with Crippen LogP contribution in [-0.2, 0) is 0 Å². The summed E-state index contributed by atoms with van der Waals surface area (Å²) in [6.07, 6.45) is 1.95. The van der Waals surface area contributed by atoms with Gasteiger partial charge in [-0.3, -0.25) is 4.98 Å². The quantitative estimate of drug-likeness (QED) is 0.241. The van der Waals surface area contributed by atoms with Crippen LogP contribution in [0.15, 0.2) is 140 Å². The summed E-state index contributed by atoms with van der Waals surface area (Å²) in [6.45, 7) is 0. The zero-order chi connectivity index (χ0) is 23.9. The Morgan fingerprint density at radius 2 is 0.861 bits per heavy atom. The Labute approximate surface area is 210 Å². The van der Waals surface area contributed by atoms with E-state index in [1.807, 2.05) is 6.20 Å². The summed E-state index contributed by atoms with van der Waals surface area (Å²) < 4.78 is 0. The van der Waals surface area contributed by atoms with Crippen LogP contribution in [0.4, 0.5) is 0 Å². The summed E-state index contributed by atoms with van der Waals surface area (Å²) in [5.41, 5.74) is 6.87. The molecule has 0 radical (unpaired) electrons. The summed E-state index contributed by atoms with van der Waals surface area (Å²) >= 11 is 0. The second-order valence-electron chi connectivity index (χ2n) is 9.13. The maximum Gasteiger partial charge on any atom is 0.0792 e. The van der Waals surface area contributed by atoms with E-state index < -0.39 is 0 Å². The van der Waals surface area contributed by atoms with E-state index in [9.17, 15) is 0 Å². The average molecular weight is 458 g/mol. The fourth-order valence-electron chi connectivity index (χ4n) is 5.57. The molecule has 0 aliphatic carbocycles. The molecule has 0 saturated carbocycles. The smallest absolute Gasteiger partial charge is 0.0792 e. The Kier molecular flexibility index (Phi) is 4.85. The molecule has 1 heteroatoms. The van der Waals surface area contributed by atoms with Crippen LogP contribution >= 0.6 is 0 Å². The highest BCUT2D eigenvalue weighted by Gasteiger charge is 2.19. The fraction of sp³-hybridized carbons (Fsp3) is 0. The average Bonchev–Trinajstić information content (AvgIpc) is 2.97. The van der Waals surface area contributed by atoms with Crippen molar-refractivity contribution in [2.75, 3.05) is 0 Å². The van der Waals surface area contributed by atoms with Crippen LogP contribution in [0, 0.1) is 0 Å². The molecule has 0 unspecified atom stereocenters. The summed E-state index contributed by atoms with van der Waals surface area (Å²) in [4.78, 5) is 5.05. The minimum absolute atomic E-state index is 1.01. The van der Waals surface area contributed by atoms with E-state index in [0.29, 0.717) is 0 Å². The highest BCUT2D eigenvalue weighted by molar-refractivity contribution is 6.28. The molecule has 0 saturated heterocycles. The Morgan fingerprint density at radius 1 is 0.361 bits per heavy atom. The molecule has 0 spiro atoms. The van der Waals surface area contributed by atoms with Gasteiger partial charge in [-0.15, -0.1) is 0 Å². The number of aromatic nitrogens is 1. The molecule has 0 N–H and O–H groups in total. The molecule has 36 heavy (non-hydrogen) atoms. The van der Waals surface area contributed by atoms with E-state index in [4.69, 9.17) is 4.98 Å². The molecule has 7 aromatic rings. The van der Waals surface area contributed by atoms with Gasteiger partial charge < -0.3 is 0 Å². The number of benzene rings is 6. The summed E-state index contributed by atoms with van der Waals surface area (Å²) in [5, 5.41) is 7.59. The maximum atomic E-state index is 5.05. The SMILES string of the molecule is c1ccc(-c2ccnc(-c3cccc4c5ccccc5c5ccccc5c34)c2-c2ccccc2)cc1. The molecule has 0 atom stereocenters. The zero-order valence-corrected chi connectivity index (χ0v) is 19.7. The van der Waals surface area contributed by atoms with E-state index in [2.05, 4.69) is 133 Å². The standard InChI is InChI=1S/C35H23N/c1-3-12-24(13-4-1)26-22-23-36-35(33(26)25-14-5-2-6-15-25)32-21-11-20-31-29-17-8-7-16-27(29)28-18-9-10-19-30(28)34(31)32/h1-23H. The number of hydrogen-bond acceptors (Lipinski definition) is 1. The van der Waals surface area contributed by atoms with Crippen molar-refractivity contribution in [2.24, 2.45) is 0 Å². The van der Waals surface area contributed by atoms with Crippen molar-refractivity contribution in [3.05, 3.63) is 140 Å². The van der Waals surface area contributed by atoms with E-state index in [1.54, 1.807) is 0 Å². The van der Waals surface area contributed by atoms with E-state index >= 15 is 0 Å². The molecule has 1 nitrogen and oxygen atoms in total. The molecule has 0 bridgehead atoms. The molecule has 7 rings (SSSR count). The minimum atomic E-state index is 1.01. The Balaban J connectivity index is 1.66. The van der Waals surface area contributed by atoms with E-state index in [-0.39, 0.29) is 0 Å². The Bertz CT molecular complexity index is 1820. The molecule has 0 aliphatic heterocycles. The summed E-state index contributed by atoms with van der Waals surface area (Å²) in [6, 6.07) is 47.5. The second-order valence-corrected chi connectivity index (χ2v) is 9.13. The van der Waals surface area contributed by atoms with E-state index in [0.717, 1.165) is 16.8 Å². The van der Waals surface area contributed by atoms with Crippen LogP contribution in [0.2, 0.25) is 0 Å². The maximum absolute atomic E-state index is 5.05. The normalized spacial score (nSPS) is 11.3. The molecule has 0 fully saturated rings. The van der Waals surface area contributed by atoms with Crippen molar-refractivity contribution in [3.63, 3.8) is 0 Å². The molecule has 168 valence electrons. The lowest BCUT2D eigenvalue weighted by Gasteiger charge is -2.18. The van der Waals surface area contributed by atoms with Crippen LogP contribution in [-0.4, -0.2) is 4.98 Å². The van der Waals surface area contributed by atoms with Gasteiger partial charge in [-0.2, -0.15) is 0 Å². The van der Waals surface area contributed by atoms with Gasteiger partial charge >= 0.3 is 0 Å². The van der Waals surface area contributed by atoms with Gasteiger partial charge in [0.05, 0.1) is 5.69 Å². The Hall–Kier alpha value is -4.75. The Morgan fingerprint density at radius 3 is 1.50 bits per heavy atom. The monoisotopic (exact) mass is 457 g/mol. The lowest BCUT2D eigenvalue weighted by atomic mass is 9.87. The van der Waals surface area contributed by atoms with Crippen LogP contribution in [0.5, 0.6) is 0 Å². The second kappa shape index (κ2) is 8.48. The van der Waals surface area contributed by atoms with E-state index in [1.165, 1.54) is 49.0 Å². The first-order valence-electron chi connectivity index (χ1n) is 12.3. The number of fused-ring (bicyclic) bond motifs is 6. The van der Waals surface area contributed by atoms with Gasteiger partial charge in [-0.1, -0.05) is 127 Å². The predicted octanol–water partition coefficient (Wildman–Crippen LogP) is 9.54. The van der Waals surface area contributed by atoms with Gasteiger partial charge in [0.25, 0.3) is 0 Å². The van der Waals surface area contributed by atoms with Gasteiger partial charge in [-0.05, 0) is 55.1 Å². The summed E-state index contributed by atoms with van der Waals surface area (Å²) in [7, 11) is 0. The highest BCUT2D eigenvalue weighted by Crippen LogP contribution is 2.44. The number of hydrogen-bond donors (Lipinski definition) is 0. The molecule has 1 aromatic heterocycles. The summed E-state index contributed by atoms with van der Waals surface area (Å²) in [5.74, 6) is 0. The first-order chi connectivity index (χ1) is 17.9. The van der Waals surface area contributed by atoms with Crippen molar-refractivity contribution in [1.82, 2.24) is 4.98 Å².